The summed E-state index contributed by atoms with van der Waals surface area (Å²) >= 11 is 2.10. The molecule has 17 heavy (non-hydrogen) atoms. The zero-order valence-electron chi connectivity index (χ0n) is 11.0. The number of ether oxygens (including phenoxy) is 1. The van der Waals surface area contributed by atoms with Crippen molar-refractivity contribution in [3.63, 3.8) is 0 Å². The van der Waals surface area contributed by atoms with Crippen LogP contribution in [0, 0.1) is 5.41 Å². The predicted octanol–water partition coefficient (Wildman–Crippen LogP) is 1.60. The van der Waals surface area contributed by atoms with Gasteiger partial charge in [-0.05, 0) is 32.1 Å². The summed E-state index contributed by atoms with van der Waals surface area (Å²) in [5.74, 6) is 1.23. The van der Waals surface area contributed by atoms with Gasteiger partial charge in [0.1, 0.15) is 0 Å². The van der Waals surface area contributed by atoms with E-state index in [9.17, 15) is 5.11 Å². The molecule has 2 rings (SSSR count). The minimum absolute atomic E-state index is 0.0325. The molecule has 2 aliphatic rings. The van der Waals surface area contributed by atoms with Crippen molar-refractivity contribution >= 4 is 11.8 Å². The second-order valence-electron chi connectivity index (χ2n) is 5.61. The Bertz CT molecular complexity index is 240. The number of rotatable bonds is 6. The van der Waals surface area contributed by atoms with Crippen LogP contribution in [0.1, 0.15) is 26.2 Å². The lowest BCUT2D eigenvalue weighted by Gasteiger charge is -2.43. The topological polar surface area (TPSA) is 32.7 Å². The molecule has 3 nitrogen and oxygen atoms in total. The van der Waals surface area contributed by atoms with Gasteiger partial charge in [-0.2, -0.15) is 11.8 Å². The molecule has 0 radical (unpaired) electrons. The van der Waals surface area contributed by atoms with Crippen LogP contribution in [0.3, 0.4) is 0 Å². The van der Waals surface area contributed by atoms with Gasteiger partial charge >= 0.3 is 0 Å². The van der Waals surface area contributed by atoms with E-state index in [1.54, 1.807) is 0 Å². The van der Waals surface area contributed by atoms with Crippen LogP contribution >= 0.6 is 11.8 Å². The van der Waals surface area contributed by atoms with Gasteiger partial charge in [-0.15, -0.1) is 0 Å². The highest BCUT2D eigenvalue weighted by Crippen LogP contribution is 2.35. The Kier molecular flexibility index (Phi) is 4.75. The van der Waals surface area contributed by atoms with E-state index >= 15 is 0 Å². The molecule has 1 N–H and O–H groups in total. The highest BCUT2D eigenvalue weighted by Gasteiger charge is 2.40. The average Bonchev–Trinajstić information content (AvgIpc) is 2.72. The Morgan fingerprint density at radius 2 is 2.18 bits per heavy atom. The third-order valence-electron chi connectivity index (χ3n) is 4.12. The standard InChI is InChI=1S/C13H25NO2S/c1-3-17-12-5-4-11(6-12)14(2)7-13(8-15)9-16-10-13/h11-12,15H,3-10H2,1-2H3. The van der Waals surface area contributed by atoms with Crippen molar-refractivity contribution in [2.45, 2.75) is 37.5 Å². The van der Waals surface area contributed by atoms with Gasteiger partial charge in [-0.3, -0.25) is 0 Å². The quantitative estimate of drug-likeness (QED) is 0.785. The van der Waals surface area contributed by atoms with Gasteiger partial charge in [0, 0.05) is 17.8 Å². The summed E-state index contributed by atoms with van der Waals surface area (Å²) in [5.41, 5.74) is 0.0325. The second-order valence-corrected chi connectivity index (χ2v) is 7.19. The summed E-state index contributed by atoms with van der Waals surface area (Å²) in [7, 11) is 2.21. The fourth-order valence-corrected chi connectivity index (χ4v) is 4.12. The summed E-state index contributed by atoms with van der Waals surface area (Å²) in [4.78, 5) is 2.45. The van der Waals surface area contributed by atoms with E-state index in [-0.39, 0.29) is 12.0 Å². The van der Waals surface area contributed by atoms with Crippen molar-refractivity contribution in [3.05, 3.63) is 0 Å². The molecule has 4 heteroatoms. The molecule has 100 valence electrons. The lowest BCUT2D eigenvalue weighted by atomic mass is 9.86. The van der Waals surface area contributed by atoms with E-state index in [0.29, 0.717) is 6.04 Å². The third-order valence-corrected chi connectivity index (χ3v) is 5.35. The SMILES string of the molecule is CCSC1CCC(N(C)CC2(CO)COC2)C1. The van der Waals surface area contributed by atoms with Gasteiger partial charge in [0.05, 0.1) is 25.2 Å². The molecule has 2 unspecified atom stereocenters. The first kappa shape index (κ1) is 13.7. The highest BCUT2D eigenvalue weighted by atomic mass is 32.2. The number of thioether (sulfide) groups is 1. The molecule has 1 saturated heterocycles. The number of aliphatic hydroxyl groups is 1. The van der Waals surface area contributed by atoms with Crippen molar-refractivity contribution in [3.8, 4) is 0 Å². The minimum Gasteiger partial charge on any atom is -0.396 e. The maximum absolute atomic E-state index is 9.45. The van der Waals surface area contributed by atoms with Gasteiger partial charge in [0.2, 0.25) is 0 Å². The van der Waals surface area contributed by atoms with Crippen LogP contribution in [0.15, 0.2) is 0 Å². The molecule has 2 atom stereocenters. The molecule has 0 aromatic heterocycles. The number of nitrogens with zero attached hydrogens (tertiary/aromatic N) is 1. The van der Waals surface area contributed by atoms with Gasteiger partial charge in [0.25, 0.3) is 0 Å². The van der Waals surface area contributed by atoms with Gasteiger partial charge in [-0.1, -0.05) is 6.92 Å². The van der Waals surface area contributed by atoms with Crippen LogP contribution in [0.2, 0.25) is 0 Å². The lowest BCUT2D eigenvalue weighted by molar-refractivity contribution is -0.149. The maximum Gasteiger partial charge on any atom is 0.0579 e. The number of aliphatic hydroxyl groups excluding tert-OH is 1. The lowest BCUT2D eigenvalue weighted by Crippen LogP contribution is -2.54. The van der Waals surface area contributed by atoms with E-state index in [1.807, 2.05) is 0 Å². The molecule has 1 aliphatic carbocycles. The second kappa shape index (κ2) is 5.91. The van der Waals surface area contributed by atoms with Gasteiger partial charge < -0.3 is 14.7 Å². The molecule has 0 aromatic rings. The van der Waals surface area contributed by atoms with Crippen LogP contribution in [-0.4, -0.2) is 60.5 Å². The first-order valence-electron chi connectivity index (χ1n) is 6.69. The summed E-state index contributed by atoms with van der Waals surface area (Å²) in [6.45, 7) is 4.95. The van der Waals surface area contributed by atoms with Crippen molar-refractivity contribution in [1.29, 1.82) is 0 Å². The predicted molar refractivity (Wildman–Crippen MR) is 72.5 cm³/mol. The van der Waals surface area contributed by atoms with E-state index < -0.39 is 0 Å². The van der Waals surface area contributed by atoms with Crippen LogP contribution in [0.4, 0.5) is 0 Å². The number of hydrogen-bond donors (Lipinski definition) is 1. The highest BCUT2D eigenvalue weighted by molar-refractivity contribution is 7.99. The molecule has 1 aliphatic heterocycles. The molecule has 0 aromatic carbocycles. The van der Waals surface area contributed by atoms with Crippen LogP contribution in [0.25, 0.3) is 0 Å². The van der Waals surface area contributed by atoms with Crippen LogP contribution in [-0.2, 0) is 4.74 Å². The van der Waals surface area contributed by atoms with Gasteiger partial charge in [-0.25, -0.2) is 0 Å². The molecular formula is C13H25NO2S. The molecule has 0 bridgehead atoms. The van der Waals surface area contributed by atoms with Crippen LogP contribution < -0.4 is 0 Å². The maximum atomic E-state index is 9.45. The Labute approximate surface area is 109 Å². The Hall–Kier alpha value is 0.230. The molecule has 0 spiro atoms. The monoisotopic (exact) mass is 259 g/mol. The Balaban J connectivity index is 1.78. The van der Waals surface area contributed by atoms with Crippen molar-refractivity contribution in [1.82, 2.24) is 4.90 Å². The molecule has 1 saturated carbocycles. The van der Waals surface area contributed by atoms with E-state index in [2.05, 4.69) is 30.6 Å². The Morgan fingerprint density at radius 1 is 1.41 bits per heavy atom. The normalized spacial score (nSPS) is 31.8. The smallest absolute Gasteiger partial charge is 0.0579 e. The molecular weight excluding hydrogens is 234 g/mol. The first-order chi connectivity index (χ1) is 8.19. The average molecular weight is 259 g/mol. The zero-order chi connectivity index (χ0) is 12.3. The Morgan fingerprint density at radius 3 is 2.71 bits per heavy atom. The van der Waals surface area contributed by atoms with Gasteiger partial charge in [0.15, 0.2) is 0 Å². The summed E-state index contributed by atoms with van der Waals surface area (Å²) in [6.07, 6.45) is 3.99. The van der Waals surface area contributed by atoms with E-state index in [0.717, 1.165) is 25.0 Å². The largest absolute Gasteiger partial charge is 0.396 e. The fourth-order valence-electron chi connectivity index (χ4n) is 2.99. The fraction of sp³-hybridized carbons (Fsp3) is 1.00. The van der Waals surface area contributed by atoms with Crippen molar-refractivity contribution < 1.29 is 9.84 Å². The van der Waals surface area contributed by atoms with Crippen molar-refractivity contribution in [2.24, 2.45) is 5.41 Å². The molecule has 1 heterocycles. The molecule has 0 amide bonds. The zero-order valence-corrected chi connectivity index (χ0v) is 11.8. The summed E-state index contributed by atoms with van der Waals surface area (Å²) in [5, 5.41) is 10.3. The molecule has 2 fully saturated rings. The first-order valence-corrected chi connectivity index (χ1v) is 7.74. The summed E-state index contributed by atoms with van der Waals surface area (Å²) in [6, 6.07) is 0.711. The van der Waals surface area contributed by atoms with E-state index in [1.165, 1.54) is 25.0 Å². The van der Waals surface area contributed by atoms with Crippen molar-refractivity contribution in [2.75, 3.05) is 39.2 Å². The van der Waals surface area contributed by atoms with E-state index in [4.69, 9.17) is 4.74 Å². The minimum atomic E-state index is 0.0325. The third kappa shape index (κ3) is 3.16. The van der Waals surface area contributed by atoms with Crippen LogP contribution in [0.5, 0.6) is 0 Å². The number of hydrogen-bond acceptors (Lipinski definition) is 4. The summed E-state index contributed by atoms with van der Waals surface area (Å²) < 4.78 is 5.26.